The van der Waals surface area contributed by atoms with E-state index in [0.29, 0.717) is 42.7 Å². The molecule has 1 atom stereocenters. The standard InChI is InChI=1S/C26H35NO5S/c1-17-5-7-18(8-6-17)23(29)27(19-9-13-26(32,16-28)14-10-19)21-15-20(11-12-25(2,3)4)33-22(21)24(30)31/h5,15,18-19,28,32H,6-10,13-14,16H2,1-4H3,(H,30,31)/t18-,19-,26+/m0/s1. The molecule has 0 radical (unpaired) electrons. The van der Waals surface area contributed by atoms with Crippen molar-refractivity contribution in [2.24, 2.45) is 11.3 Å². The molecular weight excluding hydrogens is 438 g/mol. The normalized spacial score (nSPS) is 25.6. The average molecular weight is 474 g/mol. The molecule has 3 N–H and O–H groups in total. The molecule has 1 heterocycles. The van der Waals surface area contributed by atoms with Gasteiger partial charge in [-0.25, -0.2) is 4.79 Å². The molecule has 3 rings (SSSR count). The summed E-state index contributed by atoms with van der Waals surface area (Å²) in [5.41, 5.74) is 0.316. The van der Waals surface area contributed by atoms with Crippen LogP contribution in [0.1, 0.15) is 87.2 Å². The van der Waals surface area contributed by atoms with Gasteiger partial charge in [-0.1, -0.05) is 23.5 Å². The molecule has 0 aliphatic heterocycles. The van der Waals surface area contributed by atoms with Crippen molar-refractivity contribution in [1.82, 2.24) is 0 Å². The molecule has 0 spiro atoms. The predicted octanol–water partition coefficient (Wildman–Crippen LogP) is 4.59. The lowest BCUT2D eigenvalue weighted by atomic mass is 9.81. The maximum absolute atomic E-state index is 13.8. The molecule has 2 aliphatic rings. The second-order valence-corrected chi connectivity index (χ2v) is 11.5. The maximum atomic E-state index is 13.8. The number of carbonyl (C=O) groups excluding carboxylic acids is 1. The summed E-state index contributed by atoms with van der Waals surface area (Å²) in [5.74, 6) is 4.91. The predicted molar refractivity (Wildman–Crippen MR) is 130 cm³/mol. The number of aliphatic hydroxyl groups is 2. The Hall–Kier alpha value is -2.14. The molecule has 0 unspecified atom stereocenters. The van der Waals surface area contributed by atoms with Gasteiger partial charge in [0.2, 0.25) is 5.91 Å². The van der Waals surface area contributed by atoms with Crippen LogP contribution in [-0.2, 0) is 4.79 Å². The van der Waals surface area contributed by atoms with Crippen LogP contribution >= 0.6 is 11.3 Å². The van der Waals surface area contributed by atoms with E-state index in [4.69, 9.17) is 0 Å². The zero-order chi connectivity index (χ0) is 24.4. The summed E-state index contributed by atoms with van der Waals surface area (Å²) >= 11 is 1.10. The Kier molecular flexibility index (Phi) is 7.73. The topological polar surface area (TPSA) is 98.1 Å². The van der Waals surface area contributed by atoms with Crippen LogP contribution in [-0.4, -0.2) is 45.4 Å². The number of hydrogen-bond acceptors (Lipinski definition) is 5. The Morgan fingerprint density at radius 1 is 1.24 bits per heavy atom. The average Bonchev–Trinajstić information content (AvgIpc) is 3.18. The van der Waals surface area contributed by atoms with Gasteiger partial charge in [-0.05, 0) is 78.7 Å². The van der Waals surface area contributed by atoms with Crippen molar-refractivity contribution in [2.75, 3.05) is 11.5 Å². The number of carboxylic acids is 1. The Balaban J connectivity index is 2.01. The molecule has 0 saturated heterocycles. The number of carbonyl (C=O) groups is 2. The number of carboxylic acid groups (broad SMARTS) is 1. The number of nitrogens with zero attached hydrogens (tertiary/aromatic N) is 1. The lowest BCUT2D eigenvalue weighted by molar-refractivity contribution is -0.123. The van der Waals surface area contributed by atoms with E-state index >= 15 is 0 Å². The molecule has 0 bridgehead atoms. The fourth-order valence-corrected chi connectivity index (χ4v) is 5.30. The SMILES string of the molecule is CC1=CC[C@H](C(=O)N(c2cc(C#CC(C)(C)C)sc2C(=O)O)[C@H]2CC[C@](O)(CO)CC2)CC1. The van der Waals surface area contributed by atoms with Crippen molar-refractivity contribution < 1.29 is 24.9 Å². The second-order valence-electron chi connectivity index (χ2n) is 10.5. The zero-order valence-corrected chi connectivity index (χ0v) is 20.8. The molecule has 0 aromatic carbocycles. The van der Waals surface area contributed by atoms with Crippen LogP contribution in [0.4, 0.5) is 5.69 Å². The first-order valence-electron chi connectivity index (χ1n) is 11.6. The van der Waals surface area contributed by atoms with E-state index in [1.54, 1.807) is 11.0 Å². The van der Waals surface area contributed by atoms with Crippen LogP contribution in [0.25, 0.3) is 0 Å². The second kappa shape index (κ2) is 10.0. The van der Waals surface area contributed by atoms with E-state index < -0.39 is 11.6 Å². The lowest BCUT2D eigenvalue weighted by Crippen LogP contribution is -2.49. The number of thiophene rings is 1. The summed E-state index contributed by atoms with van der Waals surface area (Å²) in [6.07, 6.45) is 6.09. The van der Waals surface area contributed by atoms with E-state index in [1.807, 2.05) is 20.8 Å². The first kappa shape index (κ1) is 25.5. The number of hydrogen-bond donors (Lipinski definition) is 3. The third-order valence-electron chi connectivity index (χ3n) is 6.50. The molecule has 1 amide bonds. The number of aromatic carboxylic acids is 1. The largest absolute Gasteiger partial charge is 0.477 e. The van der Waals surface area contributed by atoms with Crippen molar-refractivity contribution in [3.63, 3.8) is 0 Å². The molecule has 6 nitrogen and oxygen atoms in total. The first-order chi connectivity index (χ1) is 15.4. The fourth-order valence-electron chi connectivity index (χ4n) is 4.46. The van der Waals surface area contributed by atoms with E-state index in [1.165, 1.54) is 5.57 Å². The summed E-state index contributed by atoms with van der Waals surface area (Å²) in [6.45, 7) is 7.73. The molecule has 1 aromatic heterocycles. The van der Waals surface area contributed by atoms with Gasteiger partial charge in [0.15, 0.2) is 0 Å². The van der Waals surface area contributed by atoms with Crippen LogP contribution < -0.4 is 4.90 Å². The molecule has 2 aliphatic carbocycles. The summed E-state index contributed by atoms with van der Waals surface area (Å²) in [4.78, 5) is 28.4. The van der Waals surface area contributed by atoms with Crippen molar-refractivity contribution in [2.45, 2.75) is 84.3 Å². The highest BCUT2D eigenvalue weighted by atomic mass is 32.1. The minimum atomic E-state index is -1.14. The van der Waals surface area contributed by atoms with Gasteiger partial charge in [0.05, 0.1) is 22.8 Å². The van der Waals surface area contributed by atoms with E-state index in [-0.39, 0.29) is 34.8 Å². The van der Waals surface area contributed by atoms with Gasteiger partial charge < -0.3 is 20.2 Å². The van der Waals surface area contributed by atoms with Crippen molar-refractivity contribution in [1.29, 1.82) is 0 Å². The fraction of sp³-hybridized carbons (Fsp3) is 0.615. The van der Waals surface area contributed by atoms with Crippen LogP contribution in [0.5, 0.6) is 0 Å². The van der Waals surface area contributed by atoms with Gasteiger partial charge in [-0.2, -0.15) is 0 Å². The lowest BCUT2D eigenvalue weighted by Gasteiger charge is -2.41. The van der Waals surface area contributed by atoms with Crippen molar-refractivity contribution in [3.05, 3.63) is 27.5 Å². The zero-order valence-electron chi connectivity index (χ0n) is 20.0. The summed E-state index contributed by atoms with van der Waals surface area (Å²) in [7, 11) is 0. The van der Waals surface area contributed by atoms with Crippen LogP contribution in [0, 0.1) is 23.2 Å². The third-order valence-corrected chi connectivity index (χ3v) is 7.52. The van der Waals surface area contributed by atoms with E-state index in [0.717, 1.165) is 24.2 Å². The quantitative estimate of drug-likeness (QED) is 0.429. The first-order valence-corrected chi connectivity index (χ1v) is 12.5. The molecule has 1 fully saturated rings. The van der Waals surface area contributed by atoms with E-state index in [2.05, 4.69) is 24.8 Å². The Morgan fingerprint density at radius 2 is 1.91 bits per heavy atom. The van der Waals surface area contributed by atoms with Crippen LogP contribution in [0.3, 0.4) is 0 Å². The van der Waals surface area contributed by atoms with Gasteiger partial charge in [0, 0.05) is 17.4 Å². The molecule has 1 aromatic rings. The van der Waals surface area contributed by atoms with Gasteiger partial charge in [-0.3, -0.25) is 4.79 Å². The maximum Gasteiger partial charge on any atom is 0.348 e. The number of anilines is 1. The number of aliphatic hydroxyl groups excluding tert-OH is 1. The van der Waals surface area contributed by atoms with Crippen LogP contribution in [0.2, 0.25) is 0 Å². The Bertz CT molecular complexity index is 983. The highest BCUT2D eigenvalue weighted by Gasteiger charge is 2.40. The minimum Gasteiger partial charge on any atom is -0.477 e. The summed E-state index contributed by atoms with van der Waals surface area (Å²) in [6, 6.07) is 1.51. The molecule has 33 heavy (non-hydrogen) atoms. The number of allylic oxidation sites excluding steroid dienone is 2. The van der Waals surface area contributed by atoms with Gasteiger partial charge in [0.25, 0.3) is 0 Å². The highest BCUT2D eigenvalue weighted by Crippen LogP contribution is 2.39. The Morgan fingerprint density at radius 3 is 2.42 bits per heavy atom. The summed E-state index contributed by atoms with van der Waals surface area (Å²) < 4.78 is 0. The van der Waals surface area contributed by atoms with Gasteiger partial charge in [-0.15, -0.1) is 11.3 Å². The molecular formula is C26H35NO5S. The van der Waals surface area contributed by atoms with Crippen LogP contribution in [0.15, 0.2) is 17.7 Å². The number of rotatable bonds is 5. The smallest absolute Gasteiger partial charge is 0.348 e. The monoisotopic (exact) mass is 473 g/mol. The van der Waals surface area contributed by atoms with Crippen molar-refractivity contribution >= 4 is 28.9 Å². The van der Waals surface area contributed by atoms with E-state index in [9.17, 15) is 24.9 Å². The van der Waals surface area contributed by atoms with Gasteiger partial charge in [0.1, 0.15) is 4.88 Å². The molecule has 7 heteroatoms. The minimum absolute atomic E-state index is 0.0613. The highest BCUT2D eigenvalue weighted by molar-refractivity contribution is 7.15. The molecule has 180 valence electrons. The number of amides is 1. The van der Waals surface area contributed by atoms with Crippen molar-refractivity contribution in [3.8, 4) is 11.8 Å². The molecule has 1 saturated carbocycles. The summed E-state index contributed by atoms with van der Waals surface area (Å²) in [5, 5.41) is 30.0. The Labute approximate surface area is 200 Å². The third kappa shape index (κ3) is 6.26. The van der Waals surface area contributed by atoms with Gasteiger partial charge >= 0.3 is 5.97 Å².